The summed E-state index contributed by atoms with van der Waals surface area (Å²) in [7, 11) is 1.83. The van der Waals surface area contributed by atoms with Crippen molar-refractivity contribution in [1.82, 2.24) is 9.97 Å². The third kappa shape index (κ3) is 1.18. The van der Waals surface area contributed by atoms with E-state index in [0.29, 0.717) is 10.9 Å². The molecule has 0 unspecified atom stereocenters. The van der Waals surface area contributed by atoms with Gasteiger partial charge in [0, 0.05) is 0 Å². The minimum Gasteiger partial charge on any atom is -0.307 e. The average Bonchev–Trinajstić information content (AvgIpc) is 2.02. The predicted octanol–water partition coefficient (Wildman–Crippen LogP) is -1.53. The number of nitrogens with one attached hydrogen (secondary N) is 2. The normalized spacial score (nSPS) is 10.5. The Morgan fingerprint density at radius 3 is 2.69 bits per heavy atom. The first-order chi connectivity index (χ1) is 6.18. The molecule has 2 rings (SSSR count). The summed E-state index contributed by atoms with van der Waals surface area (Å²) in [6.07, 6.45) is 0. The van der Waals surface area contributed by atoms with Gasteiger partial charge >= 0.3 is 5.69 Å². The molecule has 0 saturated heterocycles. The number of aromatic amines is 2. The molecule has 0 fully saturated rings. The second-order valence-corrected chi connectivity index (χ2v) is 2.91. The largest absolute Gasteiger partial charge is 0.326 e. The summed E-state index contributed by atoms with van der Waals surface area (Å²) in [5, 5.41) is 0.544. The standard InChI is InChI=1S/C8H7BN2O2/c9-4-2-1-3-5-6(4)7(12)11-8(13)10-5/h1-3H,9H2,(H2,10,11,12,13). The molecule has 0 spiro atoms. The third-order valence-electron chi connectivity index (χ3n) is 1.98. The zero-order chi connectivity index (χ0) is 9.42. The zero-order valence-corrected chi connectivity index (χ0v) is 7.05. The van der Waals surface area contributed by atoms with E-state index in [4.69, 9.17) is 0 Å². The Labute approximate surface area is 74.0 Å². The zero-order valence-electron chi connectivity index (χ0n) is 7.05. The number of benzene rings is 1. The van der Waals surface area contributed by atoms with Crippen molar-refractivity contribution in [3.05, 3.63) is 39.0 Å². The summed E-state index contributed by atoms with van der Waals surface area (Å²) in [5.74, 6) is 0. The Bertz CT molecular complexity index is 570. The lowest BCUT2D eigenvalue weighted by atomic mass is 9.92. The van der Waals surface area contributed by atoms with Gasteiger partial charge < -0.3 is 4.98 Å². The van der Waals surface area contributed by atoms with Crippen molar-refractivity contribution in [2.24, 2.45) is 0 Å². The van der Waals surface area contributed by atoms with Crippen LogP contribution in [0.4, 0.5) is 0 Å². The van der Waals surface area contributed by atoms with Crippen molar-refractivity contribution in [2.45, 2.75) is 0 Å². The Balaban J connectivity index is 3.12. The lowest BCUT2D eigenvalue weighted by molar-refractivity contribution is 1.08. The molecule has 1 aromatic heterocycles. The summed E-state index contributed by atoms with van der Waals surface area (Å²) >= 11 is 0. The molecule has 2 N–H and O–H groups in total. The van der Waals surface area contributed by atoms with Crippen molar-refractivity contribution in [1.29, 1.82) is 0 Å². The highest BCUT2D eigenvalue weighted by Gasteiger charge is 2.01. The van der Waals surface area contributed by atoms with Gasteiger partial charge in [0.2, 0.25) is 0 Å². The average molecular weight is 174 g/mol. The van der Waals surface area contributed by atoms with Gasteiger partial charge in [-0.2, -0.15) is 0 Å². The number of rotatable bonds is 0. The van der Waals surface area contributed by atoms with Crippen LogP contribution in [-0.2, 0) is 0 Å². The van der Waals surface area contributed by atoms with Gasteiger partial charge in [-0.3, -0.25) is 9.78 Å². The Hall–Kier alpha value is -1.78. The van der Waals surface area contributed by atoms with Gasteiger partial charge in [0.15, 0.2) is 0 Å². The summed E-state index contributed by atoms with van der Waals surface area (Å²) in [6, 6.07) is 5.34. The fraction of sp³-hybridized carbons (Fsp3) is 0. The number of H-pyrrole nitrogens is 2. The van der Waals surface area contributed by atoms with Crippen LogP contribution in [-0.4, -0.2) is 17.8 Å². The lowest BCUT2D eigenvalue weighted by Crippen LogP contribution is -2.26. The van der Waals surface area contributed by atoms with Crippen LogP contribution >= 0.6 is 0 Å². The van der Waals surface area contributed by atoms with Gasteiger partial charge in [0.1, 0.15) is 7.85 Å². The van der Waals surface area contributed by atoms with Gasteiger partial charge in [0.25, 0.3) is 5.56 Å². The molecule has 0 amide bonds. The Morgan fingerprint density at radius 1 is 1.15 bits per heavy atom. The van der Waals surface area contributed by atoms with Crippen LogP contribution in [0.1, 0.15) is 0 Å². The van der Waals surface area contributed by atoms with Gasteiger partial charge in [-0.05, 0) is 6.07 Å². The van der Waals surface area contributed by atoms with Crippen molar-refractivity contribution in [2.75, 3.05) is 0 Å². The number of hydrogen-bond donors (Lipinski definition) is 2. The van der Waals surface area contributed by atoms with Gasteiger partial charge in [-0.1, -0.05) is 17.6 Å². The van der Waals surface area contributed by atoms with Crippen LogP contribution < -0.4 is 16.7 Å². The first kappa shape index (κ1) is 7.85. The molecule has 0 aliphatic heterocycles. The SMILES string of the molecule is Bc1cccc2[nH]c(=O)[nH]c(=O)c12. The second-order valence-electron chi connectivity index (χ2n) is 2.91. The molecule has 2 aromatic rings. The van der Waals surface area contributed by atoms with Crippen molar-refractivity contribution in [3.63, 3.8) is 0 Å². The minimum atomic E-state index is -0.469. The summed E-state index contributed by atoms with van der Waals surface area (Å²) in [4.78, 5) is 27.0. The van der Waals surface area contributed by atoms with Gasteiger partial charge in [-0.15, -0.1) is 0 Å². The summed E-state index contributed by atoms with van der Waals surface area (Å²) < 4.78 is 0. The molecule has 1 aromatic carbocycles. The van der Waals surface area contributed by atoms with E-state index in [0.717, 1.165) is 5.46 Å². The molecular formula is C8H7BN2O2. The van der Waals surface area contributed by atoms with Crippen LogP contribution in [0.15, 0.2) is 27.8 Å². The fourth-order valence-electron chi connectivity index (χ4n) is 1.39. The highest BCUT2D eigenvalue weighted by Crippen LogP contribution is 1.98. The maximum absolute atomic E-state index is 11.3. The van der Waals surface area contributed by atoms with Crippen LogP contribution in [0.25, 0.3) is 10.9 Å². The monoisotopic (exact) mass is 174 g/mol. The maximum atomic E-state index is 11.3. The highest BCUT2D eigenvalue weighted by molar-refractivity contribution is 6.38. The summed E-state index contributed by atoms with van der Waals surface area (Å²) in [6.45, 7) is 0. The minimum absolute atomic E-state index is 0.336. The smallest absolute Gasteiger partial charge is 0.307 e. The number of fused-ring (bicyclic) bond motifs is 1. The second kappa shape index (κ2) is 2.62. The van der Waals surface area contributed by atoms with Gasteiger partial charge in [-0.25, -0.2) is 4.79 Å². The molecule has 0 atom stereocenters. The molecule has 0 aliphatic rings. The van der Waals surface area contributed by atoms with E-state index in [1.807, 2.05) is 13.9 Å². The number of aromatic nitrogens is 2. The fourth-order valence-corrected chi connectivity index (χ4v) is 1.39. The van der Waals surface area contributed by atoms with Crippen LogP contribution in [0.2, 0.25) is 0 Å². The molecule has 0 bridgehead atoms. The summed E-state index contributed by atoms with van der Waals surface area (Å²) in [5.41, 5.74) is 0.628. The van der Waals surface area contributed by atoms with Crippen LogP contribution in [0.5, 0.6) is 0 Å². The first-order valence-electron chi connectivity index (χ1n) is 3.90. The third-order valence-corrected chi connectivity index (χ3v) is 1.98. The molecule has 5 heteroatoms. The quantitative estimate of drug-likeness (QED) is 0.476. The van der Waals surface area contributed by atoms with Gasteiger partial charge in [0.05, 0.1) is 10.9 Å². The molecule has 0 radical (unpaired) electrons. The molecule has 0 aliphatic carbocycles. The Morgan fingerprint density at radius 2 is 1.92 bits per heavy atom. The van der Waals surface area contributed by atoms with E-state index in [1.165, 1.54) is 0 Å². The predicted molar refractivity (Wildman–Crippen MR) is 53.4 cm³/mol. The first-order valence-corrected chi connectivity index (χ1v) is 3.90. The molecule has 1 heterocycles. The molecule has 0 saturated carbocycles. The molecule has 4 nitrogen and oxygen atoms in total. The van der Waals surface area contributed by atoms with E-state index >= 15 is 0 Å². The molecule has 13 heavy (non-hydrogen) atoms. The van der Waals surface area contributed by atoms with E-state index < -0.39 is 5.69 Å². The highest BCUT2D eigenvalue weighted by atomic mass is 16.2. The van der Waals surface area contributed by atoms with Crippen LogP contribution in [0, 0.1) is 0 Å². The van der Waals surface area contributed by atoms with Crippen molar-refractivity contribution >= 4 is 24.2 Å². The van der Waals surface area contributed by atoms with E-state index in [9.17, 15) is 9.59 Å². The maximum Gasteiger partial charge on any atom is 0.326 e. The molecular weight excluding hydrogens is 167 g/mol. The van der Waals surface area contributed by atoms with Crippen LogP contribution in [0.3, 0.4) is 0 Å². The van der Waals surface area contributed by atoms with E-state index in [2.05, 4.69) is 9.97 Å². The van der Waals surface area contributed by atoms with Crippen molar-refractivity contribution in [3.8, 4) is 0 Å². The topological polar surface area (TPSA) is 65.7 Å². The lowest BCUT2D eigenvalue weighted by Gasteiger charge is -1.98. The Kier molecular flexibility index (Phi) is 1.58. The van der Waals surface area contributed by atoms with Crippen molar-refractivity contribution < 1.29 is 0 Å². The van der Waals surface area contributed by atoms with E-state index in [1.54, 1.807) is 12.1 Å². The number of hydrogen-bond acceptors (Lipinski definition) is 2. The molecule has 64 valence electrons. The van der Waals surface area contributed by atoms with E-state index in [-0.39, 0.29) is 5.56 Å².